The molecule has 0 aliphatic carbocycles. The molecule has 1 heterocycles. The number of carboxylic acids is 1. The van der Waals surface area contributed by atoms with Crippen molar-refractivity contribution in [3.8, 4) is 0 Å². The molecule has 22 nitrogen and oxygen atoms in total. The van der Waals surface area contributed by atoms with Crippen LogP contribution in [0.25, 0.3) is 0 Å². The molecule has 4 atom stereocenters. The zero-order valence-corrected chi connectivity index (χ0v) is 64.0. The third-order valence-electron chi connectivity index (χ3n) is 8.12. The molecule has 7 N–H and O–H groups in total. The Morgan fingerprint density at radius 3 is 1.19 bits per heavy atom. The Kier molecular flexibility index (Phi) is 100. The average Bonchev–Trinajstić information content (AvgIpc) is 3.68. The Labute approximate surface area is 573 Å². The normalized spacial score (nSPS) is 11.9. The number of aliphatic carboxylic acids is 1. The first kappa shape index (κ1) is 105. The van der Waals surface area contributed by atoms with Gasteiger partial charge in [-0.3, -0.25) is 31.7 Å². The molecule has 0 bridgehead atoms. The number of imide groups is 1. The van der Waals surface area contributed by atoms with Crippen molar-refractivity contribution in [2.45, 2.75) is 158 Å². The summed E-state index contributed by atoms with van der Waals surface area (Å²) < 4.78 is 39.6. The minimum absolute atomic E-state index is 0. The van der Waals surface area contributed by atoms with Crippen LogP contribution in [0.15, 0.2) is 11.3 Å². The molecule has 78 heavy (non-hydrogen) atoms. The van der Waals surface area contributed by atoms with Crippen molar-refractivity contribution in [1.82, 2.24) is 31.9 Å². The van der Waals surface area contributed by atoms with E-state index in [4.69, 9.17) is 11.2 Å². The SMILES string of the molecule is CC(C)=O.CNC(C(=O)OC)=C(C)C.CNC(C(=O)OC)P(=O)(OC)OC.[2H][B].[CH2-]C(=O)NC(C(=O)OC)C(C)C.[CH2-]C(=O)NC(C(C)C)C1NC(=O)NC1=O.[CH2-]C(=O)O.[CH2-]CCCC.[CH2-]CCCC.[CH2-]CCCC.[U].[Y].[Y].[Y]. The maximum Gasteiger partial charge on any atom is 0.358 e. The topological polar surface area (TPSA) is 309 Å². The number of urea groups is 1. The monoisotopic (exact) mass is 1590 g/mol. The molecular formula is C50H98BN6O16PUY3-6. The number of amides is 5. The number of rotatable bonds is 19. The third-order valence-corrected chi connectivity index (χ3v) is 10.2. The number of unbranched alkanes of at least 4 members (excludes halogenated alkanes) is 6. The predicted molar refractivity (Wildman–Crippen MR) is 294 cm³/mol. The quantitative estimate of drug-likeness (QED) is 0.0147. The number of likely N-dealkylation sites (N-methyl/N-ethyl adjacent to an activating group) is 2. The number of methoxy groups -OCH3 is 3. The van der Waals surface area contributed by atoms with Crippen LogP contribution in [0.3, 0.4) is 0 Å². The minimum Gasteiger partial charge on any atom is -0.503 e. The Hall–Kier alpha value is -0.881. The van der Waals surface area contributed by atoms with Crippen molar-refractivity contribution in [1.29, 1.82) is 1.34 Å². The molecule has 0 saturated carbocycles. The largest absolute Gasteiger partial charge is 0.503 e. The van der Waals surface area contributed by atoms with E-state index in [1.165, 1.54) is 95.0 Å². The molecule has 1 aliphatic heterocycles. The number of hydrogen-bond acceptors (Lipinski definition) is 17. The van der Waals surface area contributed by atoms with Gasteiger partial charge in [-0.15, -0.1) is 0 Å². The van der Waals surface area contributed by atoms with Gasteiger partial charge in [0.25, 0.3) is 5.91 Å². The molecule has 451 valence electrons. The molecular weight excluding hydrogens is 1490 g/mol. The van der Waals surface area contributed by atoms with E-state index in [0.717, 1.165) is 24.8 Å². The van der Waals surface area contributed by atoms with Crippen molar-refractivity contribution in [3.63, 3.8) is 0 Å². The smallest absolute Gasteiger partial charge is 0.358 e. The Morgan fingerprint density at radius 1 is 0.692 bits per heavy atom. The van der Waals surface area contributed by atoms with Gasteiger partial charge < -0.3 is 98.6 Å². The first-order chi connectivity index (χ1) is 34.8. The van der Waals surface area contributed by atoms with Crippen molar-refractivity contribution < 1.29 is 205 Å². The summed E-state index contributed by atoms with van der Waals surface area (Å²) in [5.74, 6) is -4.80. The van der Waals surface area contributed by atoms with Gasteiger partial charge >= 0.3 is 31.5 Å². The minimum atomic E-state index is -3.45. The molecule has 0 aromatic rings. The second kappa shape index (κ2) is 74.1. The van der Waals surface area contributed by atoms with Gasteiger partial charge in [-0.05, 0) is 53.5 Å². The fourth-order valence-corrected chi connectivity index (χ4v) is 5.77. The van der Waals surface area contributed by atoms with Crippen LogP contribution >= 0.6 is 7.60 Å². The second-order valence-corrected chi connectivity index (χ2v) is 18.1. The maximum atomic E-state index is 11.7. The summed E-state index contributed by atoms with van der Waals surface area (Å²) in [7, 11) is 9.72. The van der Waals surface area contributed by atoms with E-state index in [2.05, 4.69) is 126 Å². The fraction of sp³-hybridized carbons (Fsp3) is 0.660. The molecule has 1 aliphatic rings. The van der Waals surface area contributed by atoms with Crippen LogP contribution in [-0.2, 0) is 164 Å². The summed E-state index contributed by atoms with van der Waals surface area (Å²) in [4.78, 5) is 94.9. The van der Waals surface area contributed by atoms with E-state index in [0.29, 0.717) is 5.70 Å². The van der Waals surface area contributed by atoms with Crippen LogP contribution in [-0.4, -0.2) is 142 Å². The zero-order valence-electron chi connectivity index (χ0n) is 51.4. The maximum absolute atomic E-state index is 11.7. The molecule has 1 rings (SSSR count). The number of carbonyl (C=O) groups excluding carboxylic acids is 8. The van der Waals surface area contributed by atoms with Crippen molar-refractivity contribution in [2.75, 3.05) is 49.6 Å². The van der Waals surface area contributed by atoms with Crippen LogP contribution in [0.5, 0.6) is 0 Å². The number of ketones is 1. The molecule has 1 saturated heterocycles. The van der Waals surface area contributed by atoms with E-state index in [1.807, 2.05) is 41.5 Å². The molecule has 0 aromatic heterocycles. The van der Waals surface area contributed by atoms with Gasteiger partial charge in [0.1, 0.15) is 23.6 Å². The molecule has 5 amide bonds. The van der Waals surface area contributed by atoms with Gasteiger partial charge in [-0.25, -0.2) is 19.2 Å². The van der Waals surface area contributed by atoms with Crippen LogP contribution in [0, 0.1) is 84.5 Å². The van der Waals surface area contributed by atoms with Crippen LogP contribution in [0.1, 0.15) is 134 Å². The van der Waals surface area contributed by atoms with E-state index >= 15 is 0 Å². The van der Waals surface area contributed by atoms with E-state index in [1.54, 1.807) is 7.05 Å². The second-order valence-electron chi connectivity index (χ2n) is 15.7. The van der Waals surface area contributed by atoms with Crippen molar-refractivity contribution in [3.05, 3.63) is 52.8 Å². The third kappa shape index (κ3) is 73.1. The van der Waals surface area contributed by atoms with Gasteiger partial charge in [-0.1, -0.05) is 87.0 Å². The number of ether oxygens (including phenoxy) is 3. The summed E-state index contributed by atoms with van der Waals surface area (Å²) in [5.41, 5.74) is 1.46. The zero-order chi connectivity index (χ0) is 61.5. The number of allylic oxidation sites excluding steroid dienone is 1. The fourth-order valence-electron chi connectivity index (χ4n) is 4.51. The van der Waals surface area contributed by atoms with Crippen LogP contribution < -0.4 is 31.9 Å². The Bertz CT molecular complexity index is 1570. The number of hydrogen-bond donors (Lipinski definition) is 7. The van der Waals surface area contributed by atoms with Gasteiger partial charge in [0, 0.05) is 159 Å². The molecule has 0 spiro atoms. The summed E-state index contributed by atoms with van der Waals surface area (Å²) in [6.07, 6.45) is 11.0. The van der Waals surface area contributed by atoms with Gasteiger partial charge in [0.15, 0.2) is 5.97 Å². The van der Waals surface area contributed by atoms with Crippen LogP contribution in [0.4, 0.5) is 4.79 Å². The van der Waals surface area contributed by atoms with E-state index < -0.39 is 73.2 Å². The Balaban J connectivity index is -0.0000000580. The van der Waals surface area contributed by atoms with Gasteiger partial charge in [0.2, 0.25) is 5.78 Å². The van der Waals surface area contributed by atoms with Gasteiger partial charge in [0.05, 0.1) is 39.2 Å². The predicted octanol–water partition coefficient (Wildman–Crippen LogP) is 6.04. The summed E-state index contributed by atoms with van der Waals surface area (Å²) in [6.45, 7) is 40.5. The number of carbonyl (C=O) groups is 9. The first-order valence-electron chi connectivity index (χ1n) is 24.1. The molecule has 4 unspecified atom stereocenters. The average molecular weight is 1590 g/mol. The van der Waals surface area contributed by atoms with Crippen molar-refractivity contribution >= 4 is 69.4 Å². The number of nitrogens with one attached hydrogen (secondary N) is 6. The summed E-state index contributed by atoms with van der Waals surface area (Å²) >= 11 is 0. The summed E-state index contributed by atoms with van der Waals surface area (Å²) in [6, 6.07) is -2.29. The molecule has 1 fully saturated rings. The summed E-state index contributed by atoms with van der Waals surface area (Å²) in [5, 5.41) is 22.1. The molecule has 0 aromatic carbocycles. The molecule has 28 heteroatoms. The van der Waals surface area contributed by atoms with Gasteiger partial charge in [-0.2, -0.15) is 19.3 Å². The van der Waals surface area contributed by atoms with Crippen molar-refractivity contribution in [2.24, 2.45) is 11.8 Å². The Morgan fingerprint density at radius 2 is 1.04 bits per heavy atom. The first-order valence-corrected chi connectivity index (χ1v) is 25.1. The van der Waals surface area contributed by atoms with E-state index in [9.17, 15) is 42.9 Å². The number of esters is 3. The van der Waals surface area contributed by atoms with Crippen LogP contribution in [0.2, 0.25) is 0 Å². The molecule has 5 radical (unpaired) electrons. The van der Waals surface area contributed by atoms with E-state index in [-0.39, 0.29) is 153 Å². The number of carboxylic acid groups (broad SMARTS) is 1. The standard InChI is InChI=1S/C9H14N3O3.C8H14NO3.C7H13NO2.C6H14NO5P.3C5H11.C3H6O.C2H3O2.BH.U.3Y/c1-4(2)6(10-5(3)13)7-8(14)12-9(15)11-7;1-5(2)7(8(11)12-4)9-6(3)10;1-5(2)6(8-3)7(9)10-4;1-7-5(6(8)10-2)13(9,11-3)12-4;3*1-3-5-4-2;1-3(2)4;1-2(3)4;;;;;/h4,6-7H,3H2,1-2H3,(H,10,13)(H2,11,12,14,15);5,7H,3H2,1-2,4H3,(H,9,10);8H,1-4H3;5,7H,1-4H3;3*1,3-5H2,2H3;1-2H3;1H2,(H,3,4);1H;;;;/q2*-1;;;3*-1;;-1;;;;;/i;;;;;;;;;1D;;;;. The number of Topliss-reactive ketones (excluding diaryl/α,β-unsaturated/α-hetero) is 1.